The molecule has 1 heterocycles. The number of nitrogens with one attached hydrogen (secondary N) is 2. The number of anilines is 1. The van der Waals surface area contributed by atoms with Crippen molar-refractivity contribution in [2.75, 3.05) is 4.72 Å². The minimum absolute atomic E-state index is 0.00125. The molecule has 0 atom stereocenters. The Morgan fingerprint density at radius 2 is 1.72 bits per heavy atom. The molecule has 0 unspecified atom stereocenters. The number of aromatic nitrogens is 2. The number of hydrogen-bond acceptors (Lipinski definition) is 7. The summed E-state index contributed by atoms with van der Waals surface area (Å²) in [6.07, 6.45) is 0. The predicted octanol–water partition coefficient (Wildman–Crippen LogP) is 2.69. The number of fused-ring (bicyclic) bond motifs is 1. The van der Waals surface area contributed by atoms with Crippen molar-refractivity contribution < 1.29 is 26.4 Å². The Morgan fingerprint density at radius 3 is 2.47 bits per heavy atom. The Morgan fingerprint density at radius 1 is 1.00 bits per heavy atom. The van der Waals surface area contributed by atoms with Gasteiger partial charge >= 0.3 is 5.97 Å². The molecule has 3 aromatic carbocycles. The summed E-state index contributed by atoms with van der Waals surface area (Å²) in [6.45, 7) is 0. The first-order valence-corrected chi connectivity index (χ1v) is 12.2. The van der Waals surface area contributed by atoms with E-state index in [1.165, 1.54) is 30.3 Å². The molecule has 0 bridgehead atoms. The summed E-state index contributed by atoms with van der Waals surface area (Å²) in [5, 5.41) is 7.11. The van der Waals surface area contributed by atoms with Crippen LogP contribution in [0.3, 0.4) is 0 Å². The van der Waals surface area contributed by atoms with Gasteiger partial charge in [0.05, 0.1) is 27.1 Å². The van der Waals surface area contributed by atoms with Crippen molar-refractivity contribution in [3.05, 3.63) is 83.9 Å². The van der Waals surface area contributed by atoms with E-state index in [9.17, 15) is 21.6 Å². The average molecular weight is 472 g/mol. The highest BCUT2D eigenvalue weighted by atomic mass is 32.2. The van der Waals surface area contributed by atoms with E-state index >= 15 is 0 Å². The van der Waals surface area contributed by atoms with Gasteiger partial charge in [-0.15, -0.1) is 5.10 Å². The Kier molecular flexibility index (Phi) is 5.93. The van der Waals surface area contributed by atoms with Crippen molar-refractivity contribution in [1.82, 2.24) is 10.2 Å². The monoisotopic (exact) mass is 471 g/mol. The molecule has 2 N–H and O–H groups in total. The first-order chi connectivity index (χ1) is 15.3. The molecule has 0 amide bonds. The highest BCUT2D eigenvalue weighted by Crippen LogP contribution is 2.28. The fourth-order valence-corrected chi connectivity index (χ4v) is 5.05. The topological polar surface area (TPSA) is 135 Å². The summed E-state index contributed by atoms with van der Waals surface area (Å²) < 4.78 is 55.9. The van der Waals surface area contributed by atoms with Crippen LogP contribution in [0.2, 0.25) is 0 Å². The highest BCUT2D eigenvalue weighted by molar-refractivity contribution is 7.92. The lowest BCUT2D eigenvalue weighted by Crippen LogP contribution is -2.15. The summed E-state index contributed by atoms with van der Waals surface area (Å²) in [5.41, 5.74) is 1.23. The van der Waals surface area contributed by atoms with Crippen molar-refractivity contribution in [3.63, 3.8) is 0 Å². The van der Waals surface area contributed by atoms with Gasteiger partial charge in [-0.3, -0.25) is 9.82 Å². The lowest BCUT2D eigenvalue weighted by Gasteiger charge is -2.11. The van der Waals surface area contributed by atoms with Crippen LogP contribution < -0.4 is 9.46 Å². The molecular weight excluding hydrogens is 454 g/mol. The zero-order chi connectivity index (χ0) is 22.7. The molecule has 0 saturated heterocycles. The maximum Gasteiger partial charge on any atom is 0.344 e. The second-order valence-corrected chi connectivity index (χ2v) is 9.38. The molecule has 0 aliphatic carbocycles. The third kappa shape index (κ3) is 4.63. The second-order valence-electron chi connectivity index (χ2n) is 6.75. The second kappa shape index (κ2) is 8.81. The summed E-state index contributed by atoms with van der Waals surface area (Å²) in [7, 11) is -6.88. The molecule has 0 aliphatic heterocycles. The molecule has 0 radical (unpaired) electrons. The maximum atomic E-state index is 12.9. The van der Waals surface area contributed by atoms with Crippen LogP contribution in [0.5, 0.6) is 5.88 Å². The Labute approximate surface area is 185 Å². The van der Waals surface area contributed by atoms with Crippen molar-refractivity contribution in [2.45, 2.75) is 10.6 Å². The summed E-state index contributed by atoms with van der Waals surface area (Å²) in [4.78, 5) is 12.2. The number of thiol groups is 1. The number of carbonyl (C=O) groups excluding carboxylic acids is 1. The van der Waals surface area contributed by atoms with Gasteiger partial charge in [0.1, 0.15) is 10.7 Å². The summed E-state index contributed by atoms with van der Waals surface area (Å²) >= 11 is 0. The largest absolute Gasteiger partial charge is 0.402 e. The van der Waals surface area contributed by atoms with Gasteiger partial charge in [-0.2, -0.15) is 0 Å². The van der Waals surface area contributed by atoms with Gasteiger partial charge in [0.15, 0.2) is 0 Å². The van der Waals surface area contributed by atoms with E-state index in [4.69, 9.17) is 4.74 Å². The van der Waals surface area contributed by atoms with Crippen LogP contribution in [0.15, 0.2) is 77.7 Å². The normalized spacial score (nSPS) is 11.5. The number of H-pyrrole nitrogens is 1. The summed E-state index contributed by atoms with van der Waals surface area (Å²) in [6, 6.07) is 18.8. The molecule has 11 heteroatoms. The molecule has 164 valence electrons. The maximum absolute atomic E-state index is 12.9. The smallest absolute Gasteiger partial charge is 0.344 e. The minimum atomic E-state index is -4.08. The molecule has 9 nitrogen and oxygen atoms in total. The Hall–Kier alpha value is -3.70. The van der Waals surface area contributed by atoms with Crippen LogP contribution in [0.1, 0.15) is 15.9 Å². The molecular formula is C21H17N3O6S2. The van der Waals surface area contributed by atoms with E-state index in [1.54, 1.807) is 42.5 Å². The Balaban J connectivity index is 1.63. The number of aromatic amines is 1. The van der Waals surface area contributed by atoms with Crippen molar-refractivity contribution in [3.8, 4) is 5.88 Å². The third-order valence-corrected chi connectivity index (χ3v) is 6.62. The zero-order valence-corrected chi connectivity index (χ0v) is 18.1. The van der Waals surface area contributed by atoms with Gasteiger partial charge in [0.2, 0.25) is 5.88 Å². The quantitative estimate of drug-likeness (QED) is 0.279. The number of ether oxygens (including phenoxy) is 1. The lowest BCUT2D eigenvalue weighted by molar-refractivity contribution is 0.0729. The van der Waals surface area contributed by atoms with Gasteiger partial charge in [0.25, 0.3) is 10.0 Å². The number of hydrogen-bond donors (Lipinski definition) is 3. The molecule has 0 aliphatic rings. The minimum Gasteiger partial charge on any atom is -0.402 e. The van der Waals surface area contributed by atoms with E-state index in [1.807, 2.05) is 0 Å². The van der Waals surface area contributed by atoms with Crippen molar-refractivity contribution in [2.24, 2.45) is 0 Å². The van der Waals surface area contributed by atoms with E-state index in [0.717, 1.165) is 0 Å². The number of rotatable bonds is 7. The van der Waals surface area contributed by atoms with E-state index < -0.39 is 32.4 Å². The molecule has 0 fully saturated rings. The van der Waals surface area contributed by atoms with Gasteiger partial charge in [-0.25, -0.2) is 21.6 Å². The zero-order valence-electron chi connectivity index (χ0n) is 16.4. The van der Waals surface area contributed by atoms with E-state index in [2.05, 4.69) is 14.9 Å². The molecule has 4 aromatic rings. The highest BCUT2D eigenvalue weighted by Gasteiger charge is 2.20. The third-order valence-electron chi connectivity index (χ3n) is 4.54. The predicted molar refractivity (Wildman–Crippen MR) is 119 cm³/mol. The van der Waals surface area contributed by atoms with Crippen molar-refractivity contribution >= 4 is 43.3 Å². The number of carbonyl (C=O) groups is 1. The van der Waals surface area contributed by atoms with Crippen LogP contribution in [0.25, 0.3) is 10.9 Å². The summed E-state index contributed by atoms with van der Waals surface area (Å²) in [5.74, 6) is -1.00. The van der Waals surface area contributed by atoms with Crippen LogP contribution in [0, 0.1) is 0 Å². The van der Waals surface area contributed by atoms with Crippen LogP contribution in [0.4, 0.5) is 5.69 Å². The first-order valence-electron chi connectivity index (χ1n) is 9.31. The van der Waals surface area contributed by atoms with Gasteiger partial charge in [0, 0.05) is 5.69 Å². The first kappa shape index (κ1) is 21.5. The molecule has 1 aromatic heterocycles. The fourth-order valence-electron chi connectivity index (χ4n) is 3.10. The number of esters is 1. The van der Waals surface area contributed by atoms with Gasteiger partial charge in [-0.05, 0) is 42.0 Å². The van der Waals surface area contributed by atoms with Gasteiger partial charge < -0.3 is 4.74 Å². The Bertz CT molecular complexity index is 1470. The van der Waals surface area contributed by atoms with Crippen LogP contribution >= 0.6 is 0 Å². The fraction of sp³-hybridized carbons (Fsp3) is 0.0476. The van der Waals surface area contributed by atoms with Crippen LogP contribution in [-0.2, 0) is 26.5 Å². The average Bonchev–Trinajstić information content (AvgIpc) is 3.16. The molecule has 0 spiro atoms. The lowest BCUT2D eigenvalue weighted by atomic mass is 10.2. The van der Waals surface area contributed by atoms with Gasteiger partial charge in [-0.1, -0.05) is 36.4 Å². The molecule has 0 saturated carbocycles. The number of nitrogens with zero attached hydrogens (tertiary/aromatic N) is 1. The number of benzene rings is 3. The van der Waals surface area contributed by atoms with E-state index in [-0.39, 0.29) is 22.0 Å². The molecule has 32 heavy (non-hydrogen) atoms. The standard InChI is InChI=1S/C21H17N3O6S2/c25-21(14-6-2-1-3-7-14)30-20-17-12-16(10-11-18(17)22-23-20)24-32(28,29)19-9-5-4-8-15(19)13-31(26)27/h1-12,24,31H,13H2,(H,22,23). The SMILES string of the molecule is O=C(Oc1n[nH]c2ccc(NS(=O)(=O)c3ccccc3C[SH](=O)=O)cc12)c1ccccc1. The van der Waals surface area contributed by atoms with E-state index in [0.29, 0.717) is 16.5 Å². The van der Waals surface area contributed by atoms with Crippen LogP contribution in [-0.4, -0.2) is 33.0 Å². The number of sulfonamides is 1. The van der Waals surface area contributed by atoms with Crippen molar-refractivity contribution in [1.29, 1.82) is 0 Å². The molecule has 4 rings (SSSR count).